The van der Waals surface area contributed by atoms with Gasteiger partial charge >= 0.3 is 0 Å². The van der Waals surface area contributed by atoms with Crippen LogP contribution in [0.15, 0.2) is 45.5 Å². The van der Waals surface area contributed by atoms with Crippen molar-refractivity contribution < 1.29 is 18.7 Å². The van der Waals surface area contributed by atoms with Crippen molar-refractivity contribution in [3.63, 3.8) is 0 Å². The maximum absolute atomic E-state index is 11.9. The average molecular weight is 315 g/mol. The van der Waals surface area contributed by atoms with E-state index in [4.69, 9.17) is 13.9 Å². The monoisotopic (exact) mass is 315 g/mol. The summed E-state index contributed by atoms with van der Waals surface area (Å²) >= 11 is 0. The second-order valence-electron chi connectivity index (χ2n) is 5.27. The number of carbonyl (C=O) groups is 1. The molecule has 0 unspecified atom stereocenters. The Morgan fingerprint density at radius 1 is 1.22 bits per heavy atom. The van der Waals surface area contributed by atoms with Crippen molar-refractivity contribution in [2.75, 3.05) is 14.1 Å². The Balaban J connectivity index is 1.82. The van der Waals surface area contributed by atoms with Crippen LogP contribution in [-0.2, 0) is 13.2 Å². The van der Waals surface area contributed by atoms with Crippen LogP contribution in [-0.4, -0.2) is 39.6 Å². The van der Waals surface area contributed by atoms with Gasteiger partial charge in [0.2, 0.25) is 0 Å². The molecule has 1 amide bonds. The molecule has 0 saturated carbocycles. The highest BCUT2D eigenvalue weighted by Crippen LogP contribution is 2.22. The van der Waals surface area contributed by atoms with E-state index in [1.165, 1.54) is 4.90 Å². The zero-order valence-corrected chi connectivity index (χ0v) is 12.9. The van der Waals surface area contributed by atoms with Gasteiger partial charge in [0.05, 0.1) is 6.54 Å². The van der Waals surface area contributed by atoms with E-state index >= 15 is 0 Å². The van der Waals surface area contributed by atoms with E-state index in [1.807, 2.05) is 4.57 Å². The Labute approximate surface area is 132 Å². The summed E-state index contributed by atoms with van der Waals surface area (Å²) in [6, 6.07) is 6.88. The summed E-state index contributed by atoms with van der Waals surface area (Å²) in [5.41, 5.74) is 0. The molecule has 1 N–H and O–H groups in total. The molecule has 23 heavy (non-hydrogen) atoms. The van der Waals surface area contributed by atoms with Gasteiger partial charge in [-0.1, -0.05) is 0 Å². The number of nitrogens with zero attached hydrogens (tertiary/aromatic N) is 3. The number of aliphatic hydroxyl groups excluding tert-OH is 1. The minimum Gasteiger partial charge on any atom is -0.455 e. The van der Waals surface area contributed by atoms with Crippen LogP contribution in [0.5, 0.6) is 0 Å². The Hall–Kier alpha value is -2.80. The van der Waals surface area contributed by atoms with Crippen LogP contribution in [0.3, 0.4) is 0 Å². The molecule has 0 saturated heterocycles. The Morgan fingerprint density at radius 3 is 2.70 bits per heavy atom. The third-order valence-electron chi connectivity index (χ3n) is 3.36. The van der Waals surface area contributed by atoms with Crippen LogP contribution in [0.2, 0.25) is 0 Å². The maximum atomic E-state index is 11.9. The molecule has 7 heteroatoms. The Bertz CT molecular complexity index is 813. The fourth-order valence-corrected chi connectivity index (χ4v) is 2.21. The number of amides is 1. The van der Waals surface area contributed by atoms with E-state index < -0.39 is 0 Å². The highest BCUT2D eigenvalue weighted by Gasteiger charge is 2.15. The lowest BCUT2D eigenvalue weighted by Crippen LogP contribution is -2.20. The number of carbonyl (C=O) groups excluding carboxylic acids is 1. The number of furan rings is 2. The van der Waals surface area contributed by atoms with Gasteiger partial charge in [-0.25, -0.2) is 4.98 Å². The SMILES string of the molecule is CN(C)C(=O)c1ccc(Cn2ccnc2-c2ccc(CO)o2)o1. The Morgan fingerprint density at radius 2 is 2.00 bits per heavy atom. The summed E-state index contributed by atoms with van der Waals surface area (Å²) < 4.78 is 12.9. The normalized spacial score (nSPS) is 10.9. The molecule has 0 aliphatic carbocycles. The van der Waals surface area contributed by atoms with Crippen LogP contribution in [0.1, 0.15) is 22.1 Å². The van der Waals surface area contributed by atoms with E-state index in [0.29, 0.717) is 35.4 Å². The van der Waals surface area contributed by atoms with Crippen molar-refractivity contribution in [2.24, 2.45) is 0 Å². The van der Waals surface area contributed by atoms with Gasteiger partial charge in [-0.15, -0.1) is 0 Å². The summed E-state index contributed by atoms with van der Waals surface area (Å²) in [6.45, 7) is 0.264. The lowest BCUT2D eigenvalue weighted by Gasteiger charge is -2.07. The first-order chi connectivity index (χ1) is 11.1. The average Bonchev–Trinajstić information content (AvgIpc) is 3.26. The number of hydrogen-bond donors (Lipinski definition) is 1. The first-order valence-electron chi connectivity index (χ1n) is 7.10. The minimum absolute atomic E-state index is 0.158. The van der Waals surface area contributed by atoms with Crippen molar-refractivity contribution in [3.05, 3.63) is 53.9 Å². The van der Waals surface area contributed by atoms with E-state index in [-0.39, 0.29) is 12.5 Å². The maximum Gasteiger partial charge on any atom is 0.289 e. The summed E-state index contributed by atoms with van der Waals surface area (Å²) in [4.78, 5) is 17.6. The molecule has 0 aliphatic heterocycles. The smallest absolute Gasteiger partial charge is 0.289 e. The molecule has 0 aromatic carbocycles. The van der Waals surface area contributed by atoms with Crippen molar-refractivity contribution in [3.8, 4) is 11.6 Å². The van der Waals surface area contributed by atoms with Gasteiger partial charge in [-0.3, -0.25) is 4.79 Å². The zero-order valence-electron chi connectivity index (χ0n) is 12.9. The van der Waals surface area contributed by atoms with Crippen LogP contribution in [0.4, 0.5) is 0 Å². The molecular formula is C16H17N3O4. The summed E-state index contributed by atoms with van der Waals surface area (Å²) in [5, 5.41) is 9.08. The van der Waals surface area contributed by atoms with E-state index in [9.17, 15) is 4.79 Å². The molecule has 120 valence electrons. The van der Waals surface area contributed by atoms with Gasteiger partial charge in [-0.2, -0.15) is 0 Å². The number of aromatic nitrogens is 2. The third-order valence-corrected chi connectivity index (χ3v) is 3.36. The number of rotatable bonds is 5. The molecule has 7 nitrogen and oxygen atoms in total. The fraction of sp³-hybridized carbons (Fsp3) is 0.250. The highest BCUT2D eigenvalue weighted by atomic mass is 16.4. The lowest BCUT2D eigenvalue weighted by molar-refractivity contribution is 0.0794. The molecule has 0 fully saturated rings. The van der Waals surface area contributed by atoms with Crippen molar-refractivity contribution in [2.45, 2.75) is 13.2 Å². The largest absolute Gasteiger partial charge is 0.455 e. The van der Waals surface area contributed by atoms with Gasteiger partial charge in [0, 0.05) is 26.5 Å². The van der Waals surface area contributed by atoms with Gasteiger partial charge < -0.3 is 23.4 Å². The molecule has 0 radical (unpaired) electrons. The molecule has 3 heterocycles. The fourth-order valence-electron chi connectivity index (χ4n) is 2.21. The lowest BCUT2D eigenvalue weighted by atomic mass is 10.3. The summed E-state index contributed by atoms with van der Waals surface area (Å²) in [6.07, 6.45) is 3.46. The van der Waals surface area contributed by atoms with E-state index in [1.54, 1.807) is 50.8 Å². The van der Waals surface area contributed by atoms with Gasteiger partial charge in [-0.05, 0) is 24.3 Å². The molecule has 3 rings (SSSR count). The van der Waals surface area contributed by atoms with Gasteiger partial charge in [0.15, 0.2) is 17.3 Å². The molecule has 0 spiro atoms. The number of aliphatic hydroxyl groups is 1. The number of imidazole rings is 1. The molecule has 0 aliphatic rings. The van der Waals surface area contributed by atoms with Crippen molar-refractivity contribution in [1.29, 1.82) is 0 Å². The first kappa shape index (κ1) is 15.1. The second-order valence-corrected chi connectivity index (χ2v) is 5.27. The quantitative estimate of drug-likeness (QED) is 0.778. The van der Waals surface area contributed by atoms with E-state index in [0.717, 1.165) is 0 Å². The predicted octanol–water partition coefficient (Wildman–Crippen LogP) is 1.98. The van der Waals surface area contributed by atoms with Gasteiger partial charge in [0.25, 0.3) is 5.91 Å². The van der Waals surface area contributed by atoms with Crippen LogP contribution in [0.25, 0.3) is 11.6 Å². The van der Waals surface area contributed by atoms with Crippen LogP contribution < -0.4 is 0 Å². The van der Waals surface area contributed by atoms with E-state index in [2.05, 4.69) is 4.98 Å². The van der Waals surface area contributed by atoms with Crippen molar-refractivity contribution >= 4 is 5.91 Å². The summed E-state index contributed by atoms with van der Waals surface area (Å²) in [5.74, 6) is 2.43. The number of hydrogen-bond acceptors (Lipinski definition) is 5. The van der Waals surface area contributed by atoms with Crippen molar-refractivity contribution in [1.82, 2.24) is 14.5 Å². The zero-order chi connectivity index (χ0) is 16.4. The first-order valence-corrected chi connectivity index (χ1v) is 7.10. The Kier molecular flexibility index (Phi) is 4.03. The molecule has 3 aromatic rings. The van der Waals surface area contributed by atoms with Crippen LogP contribution >= 0.6 is 0 Å². The molecule has 0 bridgehead atoms. The molecular weight excluding hydrogens is 298 g/mol. The molecule has 3 aromatic heterocycles. The standard InChI is InChI=1S/C16H17N3O4/c1-18(2)16(21)14-6-3-11(22-14)9-19-8-7-17-15(19)13-5-4-12(10-20)23-13/h3-8,20H,9-10H2,1-2H3. The third kappa shape index (κ3) is 3.04. The van der Waals surface area contributed by atoms with Gasteiger partial charge in [0.1, 0.15) is 18.1 Å². The minimum atomic E-state index is -0.180. The topological polar surface area (TPSA) is 84.6 Å². The summed E-state index contributed by atoms with van der Waals surface area (Å²) in [7, 11) is 3.35. The molecule has 0 atom stereocenters. The second kappa shape index (κ2) is 6.13. The van der Waals surface area contributed by atoms with Crippen LogP contribution in [0, 0.1) is 0 Å². The predicted molar refractivity (Wildman–Crippen MR) is 81.7 cm³/mol. The highest BCUT2D eigenvalue weighted by molar-refractivity contribution is 5.91.